The summed E-state index contributed by atoms with van der Waals surface area (Å²) in [7, 11) is 0. The molecule has 0 amide bonds. The van der Waals surface area contributed by atoms with E-state index in [9.17, 15) is 0 Å². The molecule has 68 valence electrons. The predicted molar refractivity (Wildman–Crippen MR) is 48.9 cm³/mol. The molecule has 1 N–H and O–H groups in total. The highest BCUT2D eigenvalue weighted by Crippen LogP contribution is 2.19. The van der Waals surface area contributed by atoms with Crippen LogP contribution in [0, 0.1) is 0 Å². The maximum absolute atomic E-state index is 5.62. The number of ether oxygens (including phenoxy) is 1. The van der Waals surface area contributed by atoms with Crippen LogP contribution < -0.4 is 5.32 Å². The van der Waals surface area contributed by atoms with E-state index in [4.69, 9.17) is 4.74 Å². The van der Waals surface area contributed by atoms with Gasteiger partial charge in [0.15, 0.2) is 0 Å². The zero-order chi connectivity index (χ0) is 8.23. The van der Waals surface area contributed by atoms with Crippen LogP contribution in [0.25, 0.3) is 0 Å². The molecule has 12 heavy (non-hydrogen) atoms. The summed E-state index contributed by atoms with van der Waals surface area (Å²) in [6, 6.07) is 0.527. The first-order chi connectivity index (χ1) is 5.97. The molecular weight excluding hydrogens is 150 g/mol. The minimum Gasteiger partial charge on any atom is -0.497 e. The van der Waals surface area contributed by atoms with Crippen molar-refractivity contribution in [1.82, 2.24) is 5.32 Å². The molecule has 0 saturated carbocycles. The molecule has 1 atom stereocenters. The number of piperidine rings is 1. The average molecular weight is 167 g/mol. The smallest absolute Gasteiger partial charge is 0.109 e. The zero-order valence-corrected chi connectivity index (χ0v) is 7.51. The first-order valence-corrected chi connectivity index (χ1v) is 5.03. The molecule has 2 aliphatic rings. The molecule has 1 fully saturated rings. The Morgan fingerprint density at radius 1 is 1.33 bits per heavy atom. The topological polar surface area (TPSA) is 21.3 Å². The second-order valence-electron chi connectivity index (χ2n) is 3.60. The van der Waals surface area contributed by atoms with Gasteiger partial charge in [0.25, 0.3) is 0 Å². The van der Waals surface area contributed by atoms with Crippen LogP contribution in [0.3, 0.4) is 0 Å². The Morgan fingerprint density at radius 3 is 3.00 bits per heavy atom. The van der Waals surface area contributed by atoms with E-state index < -0.39 is 0 Å². The highest BCUT2D eigenvalue weighted by molar-refractivity contribution is 5.06. The highest BCUT2D eigenvalue weighted by atomic mass is 16.5. The summed E-state index contributed by atoms with van der Waals surface area (Å²) < 4.78 is 5.62. The fourth-order valence-corrected chi connectivity index (χ4v) is 1.91. The maximum Gasteiger partial charge on any atom is 0.109 e. The number of hydrogen-bond donors (Lipinski definition) is 1. The van der Waals surface area contributed by atoms with Gasteiger partial charge in [0.1, 0.15) is 5.76 Å². The van der Waals surface area contributed by atoms with E-state index in [1.807, 2.05) is 0 Å². The van der Waals surface area contributed by atoms with E-state index in [1.165, 1.54) is 37.9 Å². The molecule has 0 radical (unpaired) electrons. The van der Waals surface area contributed by atoms with Gasteiger partial charge in [-0.15, -0.1) is 0 Å². The fraction of sp³-hybridized carbons (Fsp3) is 0.800. The van der Waals surface area contributed by atoms with Crippen LogP contribution in [0.4, 0.5) is 0 Å². The van der Waals surface area contributed by atoms with Crippen molar-refractivity contribution in [1.29, 1.82) is 0 Å². The Balaban J connectivity index is 1.92. The molecule has 0 aromatic rings. The Hall–Kier alpha value is -0.500. The van der Waals surface area contributed by atoms with Crippen LogP contribution in [-0.4, -0.2) is 19.2 Å². The standard InChI is InChI=1S/C10H17NO/c1-3-7-11-9(5-1)10-6-2-4-8-12-10/h6,9,11H,1-5,7-8H2. The molecule has 1 unspecified atom stereocenters. The molecule has 0 aromatic heterocycles. The molecule has 2 heteroatoms. The molecule has 2 rings (SSSR count). The van der Waals surface area contributed by atoms with Gasteiger partial charge in [-0.1, -0.05) is 6.42 Å². The molecule has 2 nitrogen and oxygen atoms in total. The second-order valence-corrected chi connectivity index (χ2v) is 3.60. The lowest BCUT2D eigenvalue weighted by Crippen LogP contribution is -2.36. The number of allylic oxidation sites excluding steroid dienone is 1. The first-order valence-electron chi connectivity index (χ1n) is 5.03. The molecular formula is C10H17NO. The summed E-state index contributed by atoms with van der Waals surface area (Å²) in [5.74, 6) is 1.21. The van der Waals surface area contributed by atoms with Gasteiger partial charge in [-0.3, -0.25) is 0 Å². The summed E-state index contributed by atoms with van der Waals surface area (Å²) in [5.41, 5.74) is 0. The quantitative estimate of drug-likeness (QED) is 0.643. The maximum atomic E-state index is 5.62. The van der Waals surface area contributed by atoms with E-state index in [2.05, 4.69) is 11.4 Å². The van der Waals surface area contributed by atoms with Gasteiger partial charge in [0.05, 0.1) is 12.6 Å². The minimum absolute atomic E-state index is 0.527. The Labute approximate surface area is 74.0 Å². The summed E-state index contributed by atoms with van der Waals surface area (Å²) >= 11 is 0. The van der Waals surface area contributed by atoms with Crippen LogP contribution in [0.2, 0.25) is 0 Å². The van der Waals surface area contributed by atoms with Crippen molar-refractivity contribution < 1.29 is 4.74 Å². The van der Waals surface area contributed by atoms with Crippen molar-refractivity contribution in [2.75, 3.05) is 13.2 Å². The van der Waals surface area contributed by atoms with Crippen LogP contribution in [0.15, 0.2) is 11.8 Å². The molecule has 0 aromatic carbocycles. The Kier molecular flexibility index (Phi) is 2.67. The summed E-state index contributed by atoms with van der Waals surface area (Å²) in [6.45, 7) is 2.08. The summed E-state index contributed by atoms with van der Waals surface area (Å²) in [6.07, 6.45) is 8.57. The average Bonchev–Trinajstić information content (AvgIpc) is 2.21. The molecule has 0 bridgehead atoms. The first kappa shape index (κ1) is 8.11. The van der Waals surface area contributed by atoms with E-state index in [0.717, 1.165) is 13.2 Å². The van der Waals surface area contributed by atoms with E-state index in [0.29, 0.717) is 6.04 Å². The van der Waals surface area contributed by atoms with Crippen molar-refractivity contribution in [3.63, 3.8) is 0 Å². The van der Waals surface area contributed by atoms with Crippen molar-refractivity contribution >= 4 is 0 Å². The lowest BCUT2D eigenvalue weighted by atomic mass is 10.0. The molecule has 2 heterocycles. The molecule has 0 aliphatic carbocycles. The lowest BCUT2D eigenvalue weighted by Gasteiger charge is -2.27. The van der Waals surface area contributed by atoms with E-state index in [1.54, 1.807) is 0 Å². The normalized spacial score (nSPS) is 30.7. The summed E-state index contributed by atoms with van der Waals surface area (Å²) in [4.78, 5) is 0. The summed E-state index contributed by atoms with van der Waals surface area (Å²) in [5, 5.41) is 3.50. The minimum atomic E-state index is 0.527. The van der Waals surface area contributed by atoms with Crippen LogP contribution >= 0.6 is 0 Å². The number of nitrogens with one attached hydrogen (secondary N) is 1. The van der Waals surface area contributed by atoms with Crippen LogP contribution in [0.5, 0.6) is 0 Å². The molecule has 0 spiro atoms. The van der Waals surface area contributed by atoms with Crippen LogP contribution in [-0.2, 0) is 4.74 Å². The van der Waals surface area contributed by atoms with Gasteiger partial charge >= 0.3 is 0 Å². The predicted octanol–water partition coefficient (Wildman–Crippen LogP) is 1.82. The van der Waals surface area contributed by atoms with Crippen molar-refractivity contribution in [2.45, 2.75) is 38.1 Å². The van der Waals surface area contributed by atoms with Gasteiger partial charge in [-0.25, -0.2) is 0 Å². The third kappa shape index (κ3) is 1.81. The van der Waals surface area contributed by atoms with Gasteiger partial charge in [-0.05, 0) is 38.3 Å². The molecule has 1 saturated heterocycles. The van der Waals surface area contributed by atoms with Crippen molar-refractivity contribution in [2.24, 2.45) is 0 Å². The number of hydrogen-bond acceptors (Lipinski definition) is 2. The van der Waals surface area contributed by atoms with Gasteiger partial charge in [0, 0.05) is 0 Å². The van der Waals surface area contributed by atoms with Gasteiger partial charge in [0.2, 0.25) is 0 Å². The largest absolute Gasteiger partial charge is 0.497 e. The van der Waals surface area contributed by atoms with E-state index in [-0.39, 0.29) is 0 Å². The van der Waals surface area contributed by atoms with Crippen molar-refractivity contribution in [3.8, 4) is 0 Å². The third-order valence-corrected chi connectivity index (χ3v) is 2.62. The number of rotatable bonds is 1. The fourth-order valence-electron chi connectivity index (χ4n) is 1.91. The zero-order valence-electron chi connectivity index (χ0n) is 7.51. The van der Waals surface area contributed by atoms with Crippen molar-refractivity contribution in [3.05, 3.63) is 11.8 Å². The SMILES string of the molecule is C1=C(C2CCCCN2)OCCC1. The third-order valence-electron chi connectivity index (χ3n) is 2.62. The highest BCUT2D eigenvalue weighted by Gasteiger charge is 2.19. The van der Waals surface area contributed by atoms with Gasteiger partial charge in [-0.2, -0.15) is 0 Å². The second kappa shape index (κ2) is 3.94. The van der Waals surface area contributed by atoms with Crippen LogP contribution in [0.1, 0.15) is 32.1 Å². The van der Waals surface area contributed by atoms with Gasteiger partial charge < -0.3 is 10.1 Å². The Bertz CT molecular complexity index is 171. The Morgan fingerprint density at radius 2 is 2.33 bits per heavy atom. The van der Waals surface area contributed by atoms with E-state index >= 15 is 0 Å². The molecule has 2 aliphatic heterocycles. The monoisotopic (exact) mass is 167 g/mol. The lowest BCUT2D eigenvalue weighted by molar-refractivity contribution is 0.159.